The number of nitrogens with one attached hydrogen (secondary N) is 1. The van der Waals surface area contributed by atoms with Gasteiger partial charge >= 0.3 is 0 Å². The summed E-state index contributed by atoms with van der Waals surface area (Å²) < 4.78 is 5.67. The lowest BCUT2D eigenvalue weighted by atomic mass is 10.0. The molecule has 0 aliphatic carbocycles. The standard InChI is InChI=1S/C18H18N4O2S/c1-2-24-16-8-7-12-5-3-4-6-14(12)15(16)10-20-22-17(23)9-13-11-25-18(19)21-13/h3-8,10-11H,2,9H2,1H3,(H2,19,21)(H,22,23)/b20-10+. The molecule has 1 amide bonds. The molecule has 0 radical (unpaired) electrons. The quantitative estimate of drug-likeness (QED) is 0.526. The summed E-state index contributed by atoms with van der Waals surface area (Å²) in [6, 6.07) is 11.9. The predicted molar refractivity (Wildman–Crippen MR) is 101 cm³/mol. The number of carbonyl (C=O) groups excluding carboxylic acids is 1. The number of aromatic nitrogens is 1. The lowest BCUT2D eigenvalue weighted by Crippen LogP contribution is -2.20. The Kier molecular flexibility index (Phi) is 5.25. The van der Waals surface area contributed by atoms with E-state index in [1.54, 1.807) is 11.6 Å². The molecule has 6 nitrogen and oxygen atoms in total. The van der Waals surface area contributed by atoms with Crippen molar-refractivity contribution in [3.05, 3.63) is 53.0 Å². The summed E-state index contributed by atoms with van der Waals surface area (Å²) in [5.74, 6) is 0.478. The molecule has 3 rings (SSSR count). The normalized spacial score (nSPS) is 11.1. The number of fused-ring (bicyclic) bond motifs is 1. The maximum atomic E-state index is 12.0. The summed E-state index contributed by atoms with van der Waals surface area (Å²) in [5, 5.41) is 8.38. The first-order valence-electron chi connectivity index (χ1n) is 7.83. The second kappa shape index (κ2) is 7.76. The fraction of sp³-hybridized carbons (Fsp3) is 0.167. The molecule has 7 heteroatoms. The van der Waals surface area contributed by atoms with Gasteiger partial charge in [-0.05, 0) is 23.8 Å². The molecule has 0 saturated carbocycles. The number of ether oxygens (including phenoxy) is 1. The van der Waals surface area contributed by atoms with Crippen molar-refractivity contribution in [3.63, 3.8) is 0 Å². The predicted octanol–water partition coefficient (Wildman–Crippen LogP) is 2.97. The largest absolute Gasteiger partial charge is 0.493 e. The molecule has 0 fully saturated rings. The molecule has 0 bridgehead atoms. The minimum atomic E-state index is -0.250. The van der Waals surface area contributed by atoms with Gasteiger partial charge in [-0.3, -0.25) is 4.79 Å². The van der Waals surface area contributed by atoms with Gasteiger partial charge < -0.3 is 10.5 Å². The van der Waals surface area contributed by atoms with E-state index in [0.29, 0.717) is 17.4 Å². The fourth-order valence-electron chi connectivity index (χ4n) is 2.47. The van der Waals surface area contributed by atoms with E-state index >= 15 is 0 Å². The lowest BCUT2D eigenvalue weighted by molar-refractivity contribution is -0.120. The van der Waals surface area contributed by atoms with Gasteiger partial charge in [0.15, 0.2) is 5.13 Å². The third-order valence-corrected chi connectivity index (χ3v) is 4.25. The Hall–Kier alpha value is -2.93. The van der Waals surface area contributed by atoms with Gasteiger partial charge in [0.2, 0.25) is 5.91 Å². The van der Waals surface area contributed by atoms with Crippen LogP contribution in [0.3, 0.4) is 0 Å². The van der Waals surface area contributed by atoms with Crippen LogP contribution in [0.25, 0.3) is 10.8 Å². The first-order chi connectivity index (χ1) is 12.2. The average Bonchev–Trinajstić information content (AvgIpc) is 3.01. The van der Waals surface area contributed by atoms with E-state index < -0.39 is 0 Å². The van der Waals surface area contributed by atoms with Crippen molar-refractivity contribution in [1.29, 1.82) is 0 Å². The molecule has 0 unspecified atom stereocenters. The molecule has 0 aliphatic heterocycles. The number of hydrogen-bond donors (Lipinski definition) is 2. The number of anilines is 1. The van der Waals surface area contributed by atoms with Gasteiger partial charge in [0.05, 0.1) is 24.9 Å². The van der Waals surface area contributed by atoms with Crippen LogP contribution in [0.1, 0.15) is 18.2 Å². The molecular formula is C18H18N4O2S. The van der Waals surface area contributed by atoms with Crippen LogP contribution in [-0.2, 0) is 11.2 Å². The van der Waals surface area contributed by atoms with Gasteiger partial charge in [0.25, 0.3) is 0 Å². The fourth-order valence-corrected chi connectivity index (χ4v) is 3.03. The third-order valence-electron chi connectivity index (χ3n) is 3.52. The SMILES string of the molecule is CCOc1ccc2ccccc2c1/C=N/NC(=O)Cc1csc(N)n1. The maximum absolute atomic E-state index is 12.0. The first kappa shape index (κ1) is 16.9. The van der Waals surface area contributed by atoms with Crippen LogP contribution in [-0.4, -0.2) is 23.7 Å². The van der Waals surface area contributed by atoms with E-state index in [0.717, 1.165) is 22.1 Å². The van der Waals surface area contributed by atoms with Crippen molar-refractivity contribution in [2.75, 3.05) is 12.3 Å². The molecule has 1 aromatic heterocycles. The number of benzene rings is 2. The van der Waals surface area contributed by atoms with Gasteiger partial charge in [0.1, 0.15) is 5.75 Å². The number of nitrogens with zero attached hydrogens (tertiary/aromatic N) is 2. The number of thiazole rings is 1. The molecule has 0 saturated heterocycles. The van der Waals surface area contributed by atoms with Crippen molar-refractivity contribution in [1.82, 2.24) is 10.4 Å². The molecule has 0 atom stereocenters. The number of hydrogen-bond acceptors (Lipinski definition) is 6. The number of carbonyl (C=O) groups is 1. The zero-order valence-corrected chi connectivity index (χ0v) is 14.5. The van der Waals surface area contributed by atoms with Crippen LogP contribution in [0.2, 0.25) is 0 Å². The van der Waals surface area contributed by atoms with Crippen molar-refractivity contribution in [3.8, 4) is 5.75 Å². The Morgan fingerprint density at radius 1 is 1.36 bits per heavy atom. The lowest BCUT2D eigenvalue weighted by Gasteiger charge is -2.10. The van der Waals surface area contributed by atoms with Crippen molar-refractivity contribution in [2.24, 2.45) is 5.10 Å². The summed E-state index contributed by atoms with van der Waals surface area (Å²) in [7, 11) is 0. The molecule has 0 aliphatic rings. The molecule has 2 aromatic carbocycles. The Morgan fingerprint density at radius 2 is 2.20 bits per heavy atom. The van der Waals surface area contributed by atoms with Crippen LogP contribution >= 0.6 is 11.3 Å². The van der Waals surface area contributed by atoms with Crippen molar-refractivity contribution < 1.29 is 9.53 Å². The van der Waals surface area contributed by atoms with Crippen molar-refractivity contribution >= 4 is 39.4 Å². The van der Waals surface area contributed by atoms with E-state index in [-0.39, 0.29) is 12.3 Å². The molecule has 128 valence electrons. The van der Waals surface area contributed by atoms with Gasteiger partial charge in [-0.15, -0.1) is 11.3 Å². The molecular weight excluding hydrogens is 336 g/mol. The molecule has 3 aromatic rings. The Labute approximate surface area is 149 Å². The first-order valence-corrected chi connectivity index (χ1v) is 8.71. The van der Waals surface area contributed by atoms with Gasteiger partial charge in [0, 0.05) is 10.9 Å². The van der Waals surface area contributed by atoms with Gasteiger partial charge in [-0.25, -0.2) is 10.4 Å². The zero-order chi connectivity index (χ0) is 17.6. The van der Waals surface area contributed by atoms with Gasteiger partial charge in [-0.1, -0.05) is 30.3 Å². The van der Waals surface area contributed by atoms with E-state index in [9.17, 15) is 4.79 Å². The smallest absolute Gasteiger partial charge is 0.246 e. The Balaban J connectivity index is 1.77. The van der Waals surface area contributed by atoms with Crippen LogP contribution in [0, 0.1) is 0 Å². The second-order valence-electron chi connectivity index (χ2n) is 5.28. The van der Waals surface area contributed by atoms with E-state index in [2.05, 4.69) is 15.5 Å². The highest BCUT2D eigenvalue weighted by molar-refractivity contribution is 7.13. The zero-order valence-electron chi connectivity index (χ0n) is 13.7. The number of nitrogens with two attached hydrogens (primary N) is 1. The highest BCUT2D eigenvalue weighted by atomic mass is 32.1. The number of rotatable bonds is 6. The minimum Gasteiger partial charge on any atom is -0.493 e. The summed E-state index contributed by atoms with van der Waals surface area (Å²) in [6.45, 7) is 2.48. The number of hydrazone groups is 1. The number of amides is 1. The molecule has 25 heavy (non-hydrogen) atoms. The summed E-state index contributed by atoms with van der Waals surface area (Å²) in [6.07, 6.45) is 1.75. The topological polar surface area (TPSA) is 89.6 Å². The molecule has 1 heterocycles. The minimum absolute atomic E-state index is 0.138. The second-order valence-corrected chi connectivity index (χ2v) is 6.17. The Bertz CT molecular complexity index is 920. The monoisotopic (exact) mass is 354 g/mol. The van der Waals surface area contributed by atoms with E-state index in [1.165, 1.54) is 11.3 Å². The summed E-state index contributed by atoms with van der Waals surface area (Å²) in [5.41, 5.74) is 9.55. The van der Waals surface area contributed by atoms with Crippen molar-refractivity contribution in [2.45, 2.75) is 13.3 Å². The third kappa shape index (κ3) is 4.13. The van der Waals surface area contributed by atoms with Gasteiger partial charge in [-0.2, -0.15) is 5.10 Å². The average molecular weight is 354 g/mol. The van der Waals surface area contributed by atoms with E-state index in [1.807, 2.05) is 43.3 Å². The number of nitrogen functional groups attached to an aromatic ring is 1. The molecule has 3 N–H and O–H groups in total. The van der Waals surface area contributed by atoms with Crippen LogP contribution in [0.5, 0.6) is 5.75 Å². The van der Waals surface area contributed by atoms with Crippen LogP contribution in [0.15, 0.2) is 46.9 Å². The van der Waals surface area contributed by atoms with E-state index in [4.69, 9.17) is 10.5 Å². The highest BCUT2D eigenvalue weighted by Crippen LogP contribution is 2.26. The molecule has 0 spiro atoms. The summed E-state index contributed by atoms with van der Waals surface area (Å²) >= 11 is 1.31. The van der Waals surface area contributed by atoms with Crippen LogP contribution in [0.4, 0.5) is 5.13 Å². The maximum Gasteiger partial charge on any atom is 0.246 e. The summed E-state index contributed by atoms with van der Waals surface area (Å²) in [4.78, 5) is 16.0. The van der Waals surface area contributed by atoms with Crippen LogP contribution < -0.4 is 15.9 Å². The highest BCUT2D eigenvalue weighted by Gasteiger charge is 2.08. The Morgan fingerprint density at radius 3 is 2.96 bits per heavy atom.